The fourth-order valence-corrected chi connectivity index (χ4v) is 3.12. The first-order valence-electron chi connectivity index (χ1n) is 7.77. The third-order valence-corrected chi connectivity index (χ3v) is 4.55. The summed E-state index contributed by atoms with van der Waals surface area (Å²) in [6.45, 7) is 2.16. The number of nitrogens with one attached hydrogen (secondary N) is 2. The second-order valence-electron chi connectivity index (χ2n) is 5.30. The van der Waals surface area contributed by atoms with Crippen molar-refractivity contribution in [3.63, 3.8) is 0 Å². The molecule has 13 heteroatoms. The van der Waals surface area contributed by atoms with E-state index in [1.54, 1.807) is 11.6 Å². The molecule has 1 aromatic heterocycles. The van der Waals surface area contributed by atoms with Gasteiger partial charge in [0.05, 0.1) is 11.5 Å². The number of anilines is 1. The van der Waals surface area contributed by atoms with Gasteiger partial charge in [0.15, 0.2) is 4.90 Å². The highest BCUT2D eigenvalue weighted by Crippen LogP contribution is 2.22. The van der Waals surface area contributed by atoms with Crippen molar-refractivity contribution in [3.05, 3.63) is 46.1 Å². The van der Waals surface area contributed by atoms with Gasteiger partial charge in [-0.15, -0.1) is 0 Å². The van der Waals surface area contributed by atoms with Gasteiger partial charge < -0.3 is 9.47 Å². The van der Waals surface area contributed by atoms with Gasteiger partial charge in [-0.1, -0.05) is 12.1 Å². The fraction of sp³-hybridized carbons (Fsp3) is 0.267. The van der Waals surface area contributed by atoms with E-state index in [1.807, 2.05) is 0 Å². The molecule has 0 fully saturated rings. The van der Waals surface area contributed by atoms with Gasteiger partial charge in [-0.05, 0) is 13.0 Å². The van der Waals surface area contributed by atoms with Crippen LogP contribution in [0, 0.1) is 17.0 Å². The number of para-hydroxylation sites is 1. The maximum Gasteiger partial charge on any atom is 0.335 e. The highest BCUT2D eigenvalue weighted by Gasteiger charge is 2.27. The Morgan fingerprint density at radius 1 is 1.25 bits per heavy atom. The Balaban J connectivity index is 2.15. The average molecular weight is 411 g/mol. The lowest BCUT2D eigenvalue weighted by Gasteiger charge is -2.10. The van der Waals surface area contributed by atoms with Crippen LogP contribution in [0.2, 0.25) is 0 Å². The van der Waals surface area contributed by atoms with E-state index in [2.05, 4.69) is 15.3 Å². The first-order chi connectivity index (χ1) is 13.2. The molecule has 2 rings (SSSR count). The largest absolute Gasteiger partial charge is 0.475 e. The molecule has 0 bridgehead atoms. The molecule has 28 heavy (non-hydrogen) atoms. The van der Waals surface area contributed by atoms with Crippen molar-refractivity contribution in [1.82, 2.24) is 14.7 Å². The van der Waals surface area contributed by atoms with E-state index in [-0.39, 0.29) is 18.4 Å². The topological polar surface area (TPSA) is 163 Å². The van der Waals surface area contributed by atoms with Crippen LogP contribution in [0.5, 0.6) is 5.88 Å². The summed E-state index contributed by atoms with van der Waals surface area (Å²) >= 11 is 0. The Morgan fingerprint density at radius 2 is 1.96 bits per heavy atom. The van der Waals surface area contributed by atoms with E-state index in [0.717, 1.165) is 12.1 Å². The number of hydrogen-bond acceptors (Lipinski definition) is 9. The van der Waals surface area contributed by atoms with Gasteiger partial charge in [-0.25, -0.2) is 22.9 Å². The Hall–Kier alpha value is -3.32. The van der Waals surface area contributed by atoms with Crippen molar-refractivity contribution in [2.24, 2.45) is 0 Å². The molecule has 0 aliphatic heterocycles. The highest BCUT2D eigenvalue weighted by atomic mass is 32.2. The van der Waals surface area contributed by atoms with Crippen molar-refractivity contribution < 1.29 is 27.6 Å². The first kappa shape index (κ1) is 21.0. The number of urea groups is 1. The maximum absolute atomic E-state index is 12.3. The number of rotatable bonds is 8. The third-order valence-electron chi connectivity index (χ3n) is 3.17. The van der Waals surface area contributed by atoms with Gasteiger partial charge in [0.2, 0.25) is 11.8 Å². The quantitative estimate of drug-likeness (QED) is 0.369. The van der Waals surface area contributed by atoms with Gasteiger partial charge in [-0.3, -0.25) is 15.4 Å². The molecule has 0 aliphatic carbocycles. The van der Waals surface area contributed by atoms with Crippen LogP contribution in [0.3, 0.4) is 0 Å². The number of nitro benzene ring substituents is 1. The molecule has 12 nitrogen and oxygen atoms in total. The molecule has 0 aliphatic rings. The number of benzene rings is 1. The first-order valence-corrected chi connectivity index (χ1v) is 9.26. The lowest BCUT2D eigenvalue weighted by molar-refractivity contribution is -0.387. The van der Waals surface area contributed by atoms with Crippen LogP contribution in [-0.2, 0) is 14.8 Å². The zero-order valence-corrected chi connectivity index (χ0v) is 15.7. The van der Waals surface area contributed by atoms with Crippen LogP contribution in [0.4, 0.5) is 16.4 Å². The van der Waals surface area contributed by atoms with E-state index >= 15 is 0 Å². The normalized spacial score (nSPS) is 10.9. The number of methoxy groups -OCH3 is 1. The Labute approximate surface area is 160 Å². The molecule has 1 aromatic carbocycles. The van der Waals surface area contributed by atoms with Crippen LogP contribution in [0.15, 0.2) is 35.2 Å². The maximum atomic E-state index is 12.3. The van der Waals surface area contributed by atoms with Crippen LogP contribution in [0.1, 0.15) is 5.69 Å². The second-order valence-corrected chi connectivity index (χ2v) is 6.95. The van der Waals surface area contributed by atoms with Gasteiger partial charge in [-0.2, -0.15) is 4.98 Å². The number of amides is 2. The van der Waals surface area contributed by atoms with E-state index in [1.165, 1.54) is 25.3 Å². The summed E-state index contributed by atoms with van der Waals surface area (Å²) in [5.41, 5.74) is -0.206. The monoisotopic (exact) mass is 411 g/mol. The van der Waals surface area contributed by atoms with E-state index in [9.17, 15) is 23.3 Å². The predicted octanol–water partition coefficient (Wildman–Crippen LogP) is 1.23. The molecule has 2 amide bonds. The summed E-state index contributed by atoms with van der Waals surface area (Å²) < 4.78 is 36.5. The molecule has 0 unspecified atom stereocenters. The lowest BCUT2D eigenvalue weighted by atomic mass is 10.3. The van der Waals surface area contributed by atoms with Crippen molar-refractivity contribution in [2.45, 2.75) is 11.8 Å². The molecule has 0 spiro atoms. The molecule has 0 saturated heterocycles. The van der Waals surface area contributed by atoms with Crippen molar-refractivity contribution in [1.29, 1.82) is 0 Å². The Morgan fingerprint density at radius 3 is 2.64 bits per heavy atom. The van der Waals surface area contributed by atoms with Crippen LogP contribution in [0.25, 0.3) is 0 Å². The van der Waals surface area contributed by atoms with Crippen molar-refractivity contribution in [3.8, 4) is 5.88 Å². The summed E-state index contributed by atoms with van der Waals surface area (Å²) in [5, 5.41) is 13.2. The SMILES string of the molecule is COCCOc1cc(C)nc(NC(=O)NS(=O)(=O)c2ccccc2[N+](=O)[O-])n1. The summed E-state index contributed by atoms with van der Waals surface area (Å²) in [6.07, 6.45) is 0. The number of carbonyl (C=O) groups is 1. The molecular weight excluding hydrogens is 394 g/mol. The number of aromatic nitrogens is 2. The third kappa shape index (κ3) is 5.59. The number of hydrogen-bond donors (Lipinski definition) is 2. The number of carbonyl (C=O) groups excluding carboxylic acids is 1. The number of nitro groups is 1. The zero-order chi connectivity index (χ0) is 20.7. The van der Waals surface area contributed by atoms with Gasteiger partial charge in [0.1, 0.15) is 6.61 Å². The van der Waals surface area contributed by atoms with Crippen molar-refractivity contribution in [2.75, 3.05) is 25.6 Å². The molecular formula is C15H17N5O7S. The van der Waals surface area contributed by atoms with E-state index in [4.69, 9.17) is 9.47 Å². The van der Waals surface area contributed by atoms with Crippen LogP contribution < -0.4 is 14.8 Å². The summed E-state index contributed by atoms with van der Waals surface area (Å²) in [4.78, 5) is 29.4. The number of ether oxygens (including phenoxy) is 2. The molecule has 0 radical (unpaired) electrons. The molecule has 0 saturated carbocycles. The molecule has 0 atom stereocenters. The average Bonchev–Trinajstić information content (AvgIpc) is 2.61. The molecule has 2 aromatic rings. The number of sulfonamides is 1. The Bertz CT molecular complexity index is 980. The predicted molar refractivity (Wildman–Crippen MR) is 96.6 cm³/mol. The number of nitrogens with zero attached hydrogens (tertiary/aromatic N) is 3. The van der Waals surface area contributed by atoms with Gasteiger partial charge in [0, 0.05) is 24.9 Å². The zero-order valence-electron chi connectivity index (χ0n) is 14.9. The second kappa shape index (κ2) is 9.05. The van der Waals surface area contributed by atoms with E-state index < -0.39 is 31.6 Å². The van der Waals surface area contributed by atoms with E-state index in [0.29, 0.717) is 12.3 Å². The molecule has 1 heterocycles. The standard InChI is InChI=1S/C15H17N5O7S/c1-10-9-13(27-8-7-26-2)17-14(16-10)18-15(21)19-28(24,25)12-6-4-3-5-11(12)20(22)23/h3-6,9H,7-8H2,1-2H3,(H2,16,17,18,19,21). The van der Waals surface area contributed by atoms with Gasteiger partial charge >= 0.3 is 6.03 Å². The summed E-state index contributed by atoms with van der Waals surface area (Å²) in [7, 11) is -3.00. The smallest absolute Gasteiger partial charge is 0.335 e. The summed E-state index contributed by atoms with van der Waals surface area (Å²) in [6, 6.07) is 4.96. The van der Waals surface area contributed by atoms with Crippen LogP contribution >= 0.6 is 0 Å². The minimum atomic E-state index is -4.50. The Kier molecular flexibility index (Phi) is 6.79. The van der Waals surface area contributed by atoms with Gasteiger partial charge in [0.25, 0.3) is 15.7 Å². The van der Waals surface area contributed by atoms with Crippen molar-refractivity contribution >= 4 is 27.7 Å². The highest BCUT2D eigenvalue weighted by molar-refractivity contribution is 7.90. The minimum Gasteiger partial charge on any atom is -0.475 e. The fourth-order valence-electron chi connectivity index (χ4n) is 2.04. The lowest BCUT2D eigenvalue weighted by Crippen LogP contribution is -2.35. The molecule has 150 valence electrons. The minimum absolute atomic E-state index is 0.154. The number of aryl methyl sites for hydroxylation is 1. The molecule has 2 N–H and O–H groups in total. The summed E-state index contributed by atoms with van der Waals surface area (Å²) in [5.74, 6) is -0.0518. The van der Waals surface area contributed by atoms with Crippen LogP contribution in [-0.4, -0.2) is 49.7 Å².